The molecule has 4 aromatic rings. The topological polar surface area (TPSA) is 96.6 Å². The molecular weight excluding hydrogens is 376 g/mol. The Bertz CT molecular complexity index is 1250. The maximum atomic E-state index is 11.6. The number of nitrogens with one attached hydrogen (secondary N) is 1. The average molecular weight is 394 g/mol. The summed E-state index contributed by atoms with van der Waals surface area (Å²) in [5, 5.41) is 7.63. The van der Waals surface area contributed by atoms with Crippen LogP contribution in [-0.4, -0.2) is 27.6 Å². The van der Waals surface area contributed by atoms with Gasteiger partial charge in [0, 0.05) is 23.0 Å². The summed E-state index contributed by atoms with van der Waals surface area (Å²) in [5.74, 6) is 0. The fourth-order valence-corrected chi connectivity index (χ4v) is 3.85. The van der Waals surface area contributed by atoms with Crippen LogP contribution in [0.15, 0.2) is 71.8 Å². The Kier molecular flexibility index (Phi) is 4.58. The van der Waals surface area contributed by atoms with Gasteiger partial charge in [-0.3, -0.25) is 4.55 Å². The van der Waals surface area contributed by atoms with Gasteiger partial charge < -0.3 is 5.32 Å². The number of benzene rings is 2. The predicted octanol–water partition coefficient (Wildman–Crippen LogP) is 3.56. The maximum absolute atomic E-state index is 11.6. The molecular formula is C20H18N4O3S. The van der Waals surface area contributed by atoms with Gasteiger partial charge in [-0.05, 0) is 36.8 Å². The molecule has 7 nitrogen and oxygen atoms in total. The lowest BCUT2D eigenvalue weighted by atomic mass is 10.1. The first-order chi connectivity index (χ1) is 13.4. The van der Waals surface area contributed by atoms with Gasteiger partial charge in [-0.2, -0.15) is 13.5 Å². The third-order valence-electron chi connectivity index (χ3n) is 4.40. The lowest BCUT2D eigenvalue weighted by Crippen LogP contribution is -2.07. The fraction of sp³-hybridized carbons (Fsp3) is 0.100. The van der Waals surface area contributed by atoms with Crippen molar-refractivity contribution in [2.75, 3.05) is 5.32 Å². The molecule has 0 unspecified atom stereocenters. The molecule has 0 amide bonds. The van der Waals surface area contributed by atoms with Crippen molar-refractivity contribution in [2.45, 2.75) is 18.4 Å². The van der Waals surface area contributed by atoms with E-state index >= 15 is 0 Å². The van der Waals surface area contributed by atoms with E-state index in [0.717, 1.165) is 22.7 Å². The van der Waals surface area contributed by atoms with E-state index in [1.165, 1.54) is 6.07 Å². The Hall–Kier alpha value is -3.23. The summed E-state index contributed by atoms with van der Waals surface area (Å²) in [5.41, 5.74) is 4.74. The van der Waals surface area contributed by atoms with E-state index in [1.807, 2.05) is 43.3 Å². The summed E-state index contributed by atoms with van der Waals surface area (Å²) < 4.78 is 34.4. The summed E-state index contributed by atoms with van der Waals surface area (Å²) in [6, 6.07) is 17.6. The van der Waals surface area contributed by atoms with Crippen molar-refractivity contribution >= 4 is 21.5 Å². The molecule has 0 bridgehead atoms. The lowest BCUT2D eigenvalue weighted by Gasteiger charge is -2.11. The van der Waals surface area contributed by atoms with Crippen LogP contribution in [0, 0.1) is 6.92 Å². The van der Waals surface area contributed by atoms with Gasteiger partial charge in [0.15, 0.2) is 5.65 Å². The molecule has 4 rings (SSSR count). The molecule has 0 aliphatic rings. The average Bonchev–Trinajstić information content (AvgIpc) is 3.14. The van der Waals surface area contributed by atoms with Crippen molar-refractivity contribution in [3.63, 3.8) is 0 Å². The first kappa shape index (κ1) is 18.1. The zero-order valence-electron chi connectivity index (χ0n) is 15.1. The first-order valence-electron chi connectivity index (χ1n) is 8.63. The van der Waals surface area contributed by atoms with Gasteiger partial charge in [0.2, 0.25) is 0 Å². The van der Waals surface area contributed by atoms with Crippen LogP contribution in [0.4, 0.5) is 5.69 Å². The second-order valence-corrected chi connectivity index (χ2v) is 7.78. The van der Waals surface area contributed by atoms with E-state index in [2.05, 4.69) is 15.4 Å². The third-order valence-corrected chi connectivity index (χ3v) is 5.31. The Morgan fingerprint density at radius 1 is 1.07 bits per heavy atom. The van der Waals surface area contributed by atoms with Gasteiger partial charge in [0.05, 0.1) is 18.4 Å². The zero-order valence-corrected chi connectivity index (χ0v) is 15.9. The lowest BCUT2D eigenvalue weighted by molar-refractivity contribution is 0.483. The highest BCUT2D eigenvalue weighted by atomic mass is 32.2. The predicted molar refractivity (Wildman–Crippen MR) is 107 cm³/mol. The standard InChI is InChI=1S/C20H18N4O3S/c1-14-12-17(24-20(23-14)10-11-22-24)13-21-16-8-6-15(7-9-16)18-4-2-3-5-19(18)28(25,26)27/h2-12,21H,13H2,1H3,(H,25,26,27). The second-order valence-electron chi connectivity index (χ2n) is 6.39. The van der Waals surface area contributed by atoms with Crippen LogP contribution in [0.5, 0.6) is 0 Å². The van der Waals surface area contributed by atoms with Crippen LogP contribution < -0.4 is 5.32 Å². The molecule has 0 saturated carbocycles. The maximum Gasteiger partial charge on any atom is 0.295 e. The zero-order chi connectivity index (χ0) is 19.7. The summed E-state index contributed by atoms with van der Waals surface area (Å²) in [6.07, 6.45) is 1.72. The van der Waals surface area contributed by atoms with Gasteiger partial charge in [0.25, 0.3) is 10.1 Å². The van der Waals surface area contributed by atoms with E-state index in [1.54, 1.807) is 28.9 Å². The van der Waals surface area contributed by atoms with Gasteiger partial charge in [-0.25, -0.2) is 9.50 Å². The summed E-state index contributed by atoms with van der Waals surface area (Å²) in [6.45, 7) is 2.50. The highest BCUT2D eigenvalue weighted by Gasteiger charge is 2.15. The van der Waals surface area contributed by atoms with Crippen molar-refractivity contribution in [1.29, 1.82) is 0 Å². The molecule has 28 heavy (non-hydrogen) atoms. The summed E-state index contributed by atoms with van der Waals surface area (Å²) in [4.78, 5) is 4.32. The van der Waals surface area contributed by atoms with E-state index in [4.69, 9.17) is 0 Å². The van der Waals surface area contributed by atoms with Gasteiger partial charge >= 0.3 is 0 Å². The molecule has 0 spiro atoms. The molecule has 142 valence electrons. The third kappa shape index (κ3) is 3.60. The monoisotopic (exact) mass is 394 g/mol. The molecule has 2 N–H and O–H groups in total. The van der Waals surface area contributed by atoms with Gasteiger partial charge in [-0.15, -0.1) is 0 Å². The second kappa shape index (κ2) is 7.06. The molecule has 0 aliphatic heterocycles. The molecule has 2 aromatic heterocycles. The smallest absolute Gasteiger partial charge is 0.295 e. The number of aryl methyl sites for hydroxylation is 1. The number of rotatable bonds is 5. The molecule has 0 aliphatic carbocycles. The number of aromatic nitrogens is 3. The quantitative estimate of drug-likeness (QED) is 0.503. The van der Waals surface area contributed by atoms with Crippen molar-refractivity contribution in [2.24, 2.45) is 0 Å². The van der Waals surface area contributed by atoms with Crippen LogP contribution in [0.2, 0.25) is 0 Å². The number of hydrogen-bond donors (Lipinski definition) is 2. The van der Waals surface area contributed by atoms with Crippen LogP contribution in [0.25, 0.3) is 16.8 Å². The Morgan fingerprint density at radius 2 is 1.82 bits per heavy atom. The minimum atomic E-state index is -4.29. The van der Waals surface area contributed by atoms with Crippen molar-refractivity contribution in [3.05, 3.63) is 78.2 Å². The Labute approximate surface area is 162 Å². The molecule has 2 aromatic carbocycles. The SMILES string of the molecule is Cc1cc(CNc2ccc(-c3ccccc3S(=O)(=O)O)cc2)n2nccc2n1. The molecule has 0 atom stereocenters. The largest absolute Gasteiger partial charge is 0.379 e. The normalized spacial score (nSPS) is 11.6. The summed E-state index contributed by atoms with van der Waals surface area (Å²) >= 11 is 0. The molecule has 0 fully saturated rings. The van der Waals surface area contributed by atoms with Crippen LogP contribution in [-0.2, 0) is 16.7 Å². The van der Waals surface area contributed by atoms with Gasteiger partial charge in [-0.1, -0.05) is 30.3 Å². The highest BCUT2D eigenvalue weighted by Crippen LogP contribution is 2.28. The van der Waals surface area contributed by atoms with E-state index in [-0.39, 0.29) is 4.90 Å². The number of fused-ring (bicyclic) bond motifs is 1. The summed E-state index contributed by atoms with van der Waals surface area (Å²) in [7, 11) is -4.29. The highest BCUT2D eigenvalue weighted by molar-refractivity contribution is 7.86. The first-order valence-corrected chi connectivity index (χ1v) is 10.1. The van der Waals surface area contributed by atoms with Crippen molar-refractivity contribution in [3.8, 4) is 11.1 Å². The molecule has 8 heteroatoms. The van der Waals surface area contributed by atoms with Crippen molar-refractivity contribution < 1.29 is 13.0 Å². The minimum absolute atomic E-state index is 0.107. The molecule has 2 heterocycles. The number of nitrogens with zero attached hydrogens (tertiary/aromatic N) is 3. The van der Waals surface area contributed by atoms with Gasteiger partial charge in [0.1, 0.15) is 4.90 Å². The van der Waals surface area contributed by atoms with E-state index < -0.39 is 10.1 Å². The molecule has 0 saturated heterocycles. The Balaban J connectivity index is 1.57. The van der Waals surface area contributed by atoms with E-state index in [9.17, 15) is 13.0 Å². The van der Waals surface area contributed by atoms with Crippen molar-refractivity contribution in [1.82, 2.24) is 14.6 Å². The fourth-order valence-electron chi connectivity index (χ4n) is 3.13. The number of anilines is 1. The van der Waals surface area contributed by atoms with Crippen LogP contribution >= 0.6 is 0 Å². The minimum Gasteiger partial charge on any atom is -0.379 e. The van der Waals surface area contributed by atoms with Crippen LogP contribution in [0.1, 0.15) is 11.4 Å². The number of hydrogen-bond acceptors (Lipinski definition) is 5. The van der Waals surface area contributed by atoms with E-state index in [0.29, 0.717) is 17.7 Å². The van der Waals surface area contributed by atoms with Crippen LogP contribution in [0.3, 0.4) is 0 Å². The molecule has 0 radical (unpaired) electrons. The Morgan fingerprint density at radius 3 is 2.57 bits per heavy atom.